The van der Waals surface area contributed by atoms with Gasteiger partial charge >= 0.3 is 5.97 Å². The van der Waals surface area contributed by atoms with Gasteiger partial charge in [0, 0.05) is 18.8 Å². The van der Waals surface area contributed by atoms with Gasteiger partial charge in [0.15, 0.2) is 0 Å². The molecule has 4 nitrogen and oxygen atoms in total. The highest BCUT2D eigenvalue weighted by Crippen LogP contribution is 2.24. The van der Waals surface area contributed by atoms with Gasteiger partial charge in [0.2, 0.25) is 0 Å². The van der Waals surface area contributed by atoms with Gasteiger partial charge in [-0.1, -0.05) is 18.2 Å². The molecule has 3 aromatic rings. The number of carboxylic acid groups (broad SMARTS) is 1. The summed E-state index contributed by atoms with van der Waals surface area (Å²) in [6, 6.07) is 11.1. The molecular formula is C15H12N2O2. The van der Waals surface area contributed by atoms with E-state index in [0.29, 0.717) is 5.56 Å². The van der Waals surface area contributed by atoms with Gasteiger partial charge in [-0.15, -0.1) is 0 Å². The molecule has 0 saturated carbocycles. The van der Waals surface area contributed by atoms with Gasteiger partial charge < -0.3 is 5.11 Å². The molecule has 4 heteroatoms. The van der Waals surface area contributed by atoms with Crippen LogP contribution in [0.5, 0.6) is 0 Å². The van der Waals surface area contributed by atoms with Gasteiger partial charge in [-0.05, 0) is 34.5 Å². The number of nitrogens with zero attached hydrogens (tertiary/aromatic N) is 2. The predicted octanol–water partition coefficient (Wildman–Crippen LogP) is 2.94. The lowest BCUT2D eigenvalue weighted by Gasteiger charge is -2.03. The van der Waals surface area contributed by atoms with E-state index in [1.807, 2.05) is 43.7 Å². The van der Waals surface area contributed by atoms with Crippen LogP contribution in [0.15, 0.2) is 48.8 Å². The number of hydrogen-bond donors (Lipinski definition) is 1. The average Bonchev–Trinajstić information content (AvgIpc) is 2.84. The molecule has 0 amide bonds. The van der Waals surface area contributed by atoms with Crippen molar-refractivity contribution in [3.8, 4) is 11.1 Å². The van der Waals surface area contributed by atoms with Crippen molar-refractivity contribution in [1.82, 2.24) is 9.78 Å². The Kier molecular flexibility index (Phi) is 2.56. The van der Waals surface area contributed by atoms with Crippen LogP contribution in [0.1, 0.15) is 10.4 Å². The first kappa shape index (κ1) is 11.5. The number of hydrogen-bond acceptors (Lipinski definition) is 2. The molecule has 0 bridgehead atoms. The minimum absolute atomic E-state index is 0.307. The summed E-state index contributed by atoms with van der Waals surface area (Å²) in [4.78, 5) is 10.9. The van der Waals surface area contributed by atoms with Crippen LogP contribution in [-0.2, 0) is 7.05 Å². The molecule has 1 heterocycles. The quantitative estimate of drug-likeness (QED) is 0.763. The minimum atomic E-state index is -0.904. The van der Waals surface area contributed by atoms with Gasteiger partial charge in [-0.25, -0.2) is 4.79 Å². The Hall–Kier alpha value is -2.62. The standard InChI is InChI=1S/C15H12N2O2/c1-17-9-14(8-16-17)12-3-2-11-7-13(15(18)19)5-4-10(11)6-12/h2-9H,1H3,(H,18,19). The normalized spacial score (nSPS) is 10.8. The molecule has 0 aliphatic carbocycles. The van der Waals surface area contributed by atoms with Gasteiger partial charge in [0.1, 0.15) is 0 Å². The molecule has 2 aromatic carbocycles. The summed E-state index contributed by atoms with van der Waals surface area (Å²) in [5.41, 5.74) is 2.43. The second-order valence-electron chi connectivity index (χ2n) is 4.48. The molecule has 0 spiro atoms. The molecule has 3 rings (SSSR count). The van der Waals surface area contributed by atoms with E-state index in [4.69, 9.17) is 5.11 Å². The molecule has 0 saturated heterocycles. The molecule has 0 radical (unpaired) electrons. The molecule has 0 atom stereocenters. The van der Waals surface area contributed by atoms with Crippen molar-refractivity contribution in [3.63, 3.8) is 0 Å². The van der Waals surface area contributed by atoms with Crippen LogP contribution < -0.4 is 0 Å². The molecule has 1 N–H and O–H groups in total. The third kappa shape index (κ3) is 2.08. The zero-order chi connectivity index (χ0) is 13.4. The van der Waals surface area contributed by atoms with Gasteiger partial charge in [-0.3, -0.25) is 4.68 Å². The Morgan fingerprint density at radius 3 is 2.53 bits per heavy atom. The summed E-state index contributed by atoms with van der Waals surface area (Å²) in [5, 5.41) is 15.1. The van der Waals surface area contributed by atoms with E-state index in [0.717, 1.165) is 21.9 Å². The van der Waals surface area contributed by atoms with E-state index < -0.39 is 5.97 Å². The number of fused-ring (bicyclic) bond motifs is 1. The lowest BCUT2D eigenvalue weighted by Crippen LogP contribution is -1.95. The molecule has 0 unspecified atom stereocenters. The Morgan fingerprint density at radius 1 is 1.11 bits per heavy atom. The van der Waals surface area contributed by atoms with E-state index >= 15 is 0 Å². The third-order valence-electron chi connectivity index (χ3n) is 3.13. The van der Waals surface area contributed by atoms with E-state index in [1.54, 1.807) is 16.8 Å². The predicted molar refractivity (Wildman–Crippen MR) is 73.1 cm³/mol. The Bertz CT molecular complexity index is 775. The number of benzene rings is 2. The number of aromatic nitrogens is 2. The monoisotopic (exact) mass is 252 g/mol. The molecule has 1 aromatic heterocycles. The maximum Gasteiger partial charge on any atom is 0.335 e. The first-order valence-corrected chi connectivity index (χ1v) is 5.89. The summed E-state index contributed by atoms with van der Waals surface area (Å²) in [5.74, 6) is -0.904. The molecule has 0 aliphatic rings. The molecule has 94 valence electrons. The molecule has 19 heavy (non-hydrogen) atoms. The van der Waals surface area contributed by atoms with Gasteiger partial charge in [-0.2, -0.15) is 5.10 Å². The van der Waals surface area contributed by atoms with E-state index in [-0.39, 0.29) is 0 Å². The van der Waals surface area contributed by atoms with Crippen molar-refractivity contribution >= 4 is 16.7 Å². The van der Waals surface area contributed by atoms with Crippen LogP contribution >= 0.6 is 0 Å². The first-order chi connectivity index (χ1) is 9.13. The van der Waals surface area contributed by atoms with Crippen LogP contribution in [0.25, 0.3) is 21.9 Å². The van der Waals surface area contributed by atoms with Gasteiger partial charge in [0.25, 0.3) is 0 Å². The largest absolute Gasteiger partial charge is 0.478 e. The van der Waals surface area contributed by atoms with E-state index in [2.05, 4.69) is 5.10 Å². The summed E-state index contributed by atoms with van der Waals surface area (Å²) in [6.45, 7) is 0. The highest BCUT2D eigenvalue weighted by Gasteiger charge is 2.05. The lowest BCUT2D eigenvalue weighted by atomic mass is 10.0. The van der Waals surface area contributed by atoms with Crippen molar-refractivity contribution in [1.29, 1.82) is 0 Å². The maximum atomic E-state index is 10.9. The van der Waals surface area contributed by atoms with Crippen LogP contribution in [-0.4, -0.2) is 20.9 Å². The minimum Gasteiger partial charge on any atom is -0.478 e. The van der Waals surface area contributed by atoms with Crippen molar-refractivity contribution < 1.29 is 9.90 Å². The Balaban J connectivity index is 2.11. The number of aryl methyl sites for hydroxylation is 1. The smallest absolute Gasteiger partial charge is 0.335 e. The topological polar surface area (TPSA) is 55.1 Å². The van der Waals surface area contributed by atoms with Crippen LogP contribution in [0.4, 0.5) is 0 Å². The first-order valence-electron chi connectivity index (χ1n) is 5.89. The summed E-state index contributed by atoms with van der Waals surface area (Å²) >= 11 is 0. The van der Waals surface area contributed by atoms with Crippen molar-refractivity contribution in [2.45, 2.75) is 0 Å². The highest BCUT2D eigenvalue weighted by molar-refractivity contribution is 5.95. The molecular weight excluding hydrogens is 240 g/mol. The fourth-order valence-corrected chi connectivity index (χ4v) is 2.13. The van der Waals surface area contributed by atoms with Gasteiger partial charge in [0.05, 0.1) is 11.8 Å². The van der Waals surface area contributed by atoms with Crippen molar-refractivity contribution in [3.05, 3.63) is 54.4 Å². The summed E-state index contributed by atoms with van der Waals surface area (Å²) in [7, 11) is 1.88. The highest BCUT2D eigenvalue weighted by atomic mass is 16.4. The van der Waals surface area contributed by atoms with E-state index in [1.165, 1.54) is 0 Å². The summed E-state index contributed by atoms with van der Waals surface area (Å²) < 4.78 is 1.76. The Morgan fingerprint density at radius 2 is 1.84 bits per heavy atom. The van der Waals surface area contributed by atoms with E-state index in [9.17, 15) is 4.79 Å². The number of rotatable bonds is 2. The fourth-order valence-electron chi connectivity index (χ4n) is 2.13. The zero-order valence-corrected chi connectivity index (χ0v) is 10.4. The fraction of sp³-hybridized carbons (Fsp3) is 0.0667. The molecule has 0 fully saturated rings. The number of aromatic carboxylic acids is 1. The molecule has 0 aliphatic heterocycles. The maximum absolute atomic E-state index is 10.9. The second-order valence-corrected chi connectivity index (χ2v) is 4.48. The second kappa shape index (κ2) is 4.24. The van der Waals surface area contributed by atoms with Crippen LogP contribution in [0.2, 0.25) is 0 Å². The lowest BCUT2D eigenvalue weighted by molar-refractivity contribution is 0.0697. The van der Waals surface area contributed by atoms with Crippen molar-refractivity contribution in [2.75, 3.05) is 0 Å². The Labute approximate surface area is 109 Å². The van der Waals surface area contributed by atoms with Crippen LogP contribution in [0.3, 0.4) is 0 Å². The third-order valence-corrected chi connectivity index (χ3v) is 3.13. The summed E-state index contributed by atoms with van der Waals surface area (Å²) in [6.07, 6.45) is 3.76. The average molecular weight is 252 g/mol. The number of carboxylic acids is 1. The number of carbonyl (C=O) groups is 1. The zero-order valence-electron chi connectivity index (χ0n) is 10.4. The SMILES string of the molecule is Cn1cc(-c2ccc3cc(C(=O)O)ccc3c2)cn1. The van der Waals surface area contributed by atoms with Crippen molar-refractivity contribution in [2.24, 2.45) is 7.05 Å². The van der Waals surface area contributed by atoms with Crippen LogP contribution in [0, 0.1) is 0 Å².